The number of carbonyl (C=O) groups is 1. The minimum atomic E-state index is -0.134. The van der Waals surface area contributed by atoms with Crippen molar-refractivity contribution >= 4 is 53.3 Å². The second-order valence-electron chi connectivity index (χ2n) is 6.00. The number of hydrogen-bond donors (Lipinski definition) is 3. The number of hydrogen-bond acceptors (Lipinski definition) is 4. The molecule has 3 N–H and O–H groups in total. The maximum absolute atomic E-state index is 11.4. The SMILES string of the molecule is CCNC(=NCc1ccc(OC)c(NC(C)=O)c1)NCCSc1ccccc1.I. The number of ether oxygens (including phenoxy) is 1. The van der Waals surface area contributed by atoms with E-state index < -0.39 is 0 Å². The molecule has 0 aliphatic heterocycles. The number of benzene rings is 2. The van der Waals surface area contributed by atoms with E-state index in [0.717, 1.165) is 30.4 Å². The van der Waals surface area contributed by atoms with Gasteiger partial charge in [0.05, 0.1) is 19.3 Å². The van der Waals surface area contributed by atoms with E-state index in [9.17, 15) is 4.79 Å². The Morgan fingerprint density at radius 2 is 1.90 bits per heavy atom. The molecule has 8 heteroatoms. The summed E-state index contributed by atoms with van der Waals surface area (Å²) in [5.74, 6) is 2.22. The highest BCUT2D eigenvalue weighted by Crippen LogP contribution is 2.25. The van der Waals surface area contributed by atoms with Crippen LogP contribution in [0.25, 0.3) is 0 Å². The number of amides is 1. The topological polar surface area (TPSA) is 74.8 Å². The molecule has 0 spiro atoms. The molecule has 0 bridgehead atoms. The van der Waals surface area contributed by atoms with Crippen LogP contribution in [-0.2, 0) is 11.3 Å². The summed E-state index contributed by atoms with van der Waals surface area (Å²) >= 11 is 1.81. The number of carbonyl (C=O) groups excluding carboxylic acids is 1. The minimum absolute atomic E-state index is 0. The molecule has 29 heavy (non-hydrogen) atoms. The minimum Gasteiger partial charge on any atom is -0.495 e. The predicted octanol–water partition coefficient (Wildman–Crippen LogP) is 4.12. The maximum Gasteiger partial charge on any atom is 0.221 e. The smallest absolute Gasteiger partial charge is 0.221 e. The van der Waals surface area contributed by atoms with Crippen LogP contribution in [0.3, 0.4) is 0 Å². The van der Waals surface area contributed by atoms with Crippen molar-refractivity contribution in [2.45, 2.75) is 25.3 Å². The Hall–Kier alpha value is -1.94. The number of halogens is 1. The average Bonchev–Trinajstić information content (AvgIpc) is 2.69. The maximum atomic E-state index is 11.4. The monoisotopic (exact) mass is 528 g/mol. The third-order valence-electron chi connectivity index (χ3n) is 3.74. The Bertz CT molecular complexity index is 788. The van der Waals surface area contributed by atoms with Gasteiger partial charge >= 0.3 is 0 Å². The quantitative estimate of drug-likeness (QED) is 0.150. The summed E-state index contributed by atoms with van der Waals surface area (Å²) in [6.45, 7) is 5.61. The Morgan fingerprint density at radius 1 is 1.14 bits per heavy atom. The standard InChI is InChI=1S/C21H28N4O2S.HI/c1-4-22-21(23-12-13-28-18-8-6-5-7-9-18)24-15-17-10-11-20(27-3)19(14-17)25-16(2)26;/h5-11,14H,4,12-13,15H2,1-3H3,(H,25,26)(H2,22,23,24);1H. The van der Waals surface area contributed by atoms with Crippen LogP contribution in [0.2, 0.25) is 0 Å². The largest absolute Gasteiger partial charge is 0.495 e. The predicted molar refractivity (Wildman–Crippen MR) is 133 cm³/mol. The van der Waals surface area contributed by atoms with Crippen molar-refractivity contribution in [2.24, 2.45) is 4.99 Å². The number of guanidine groups is 1. The summed E-state index contributed by atoms with van der Waals surface area (Å²) in [6.07, 6.45) is 0. The lowest BCUT2D eigenvalue weighted by Gasteiger charge is -2.12. The van der Waals surface area contributed by atoms with Crippen LogP contribution >= 0.6 is 35.7 Å². The fourth-order valence-corrected chi connectivity index (χ4v) is 3.30. The van der Waals surface area contributed by atoms with Gasteiger partial charge in [0.15, 0.2) is 5.96 Å². The first kappa shape index (κ1) is 25.1. The van der Waals surface area contributed by atoms with Gasteiger partial charge < -0.3 is 20.7 Å². The molecule has 0 saturated heterocycles. The lowest BCUT2D eigenvalue weighted by atomic mass is 10.2. The van der Waals surface area contributed by atoms with Crippen molar-refractivity contribution in [1.82, 2.24) is 10.6 Å². The van der Waals surface area contributed by atoms with Crippen molar-refractivity contribution in [3.05, 3.63) is 54.1 Å². The second-order valence-corrected chi connectivity index (χ2v) is 7.17. The molecule has 0 radical (unpaired) electrons. The Kier molecular flexibility index (Phi) is 12.2. The van der Waals surface area contributed by atoms with Crippen LogP contribution in [0.4, 0.5) is 5.69 Å². The molecule has 0 heterocycles. The van der Waals surface area contributed by atoms with Crippen LogP contribution in [0.15, 0.2) is 58.4 Å². The molecule has 2 rings (SSSR count). The normalized spacial score (nSPS) is 10.7. The van der Waals surface area contributed by atoms with E-state index >= 15 is 0 Å². The van der Waals surface area contributed by atoms with Gasteiger partial charge in [0, 0.05) is 30.7 Å². The Morgan fingerprint density at radius 3 is 2.55 bits per heavy atom. The summed E-state index contributed by atoms with van der Waals surface area (Å²) < 4.78 is 5.29. The molecule has 0 fully saturated rings. The summed E-state index contributed by atoms with van der Waals surface area (Å²) in [4.78, 5) is 17.3. The summed E-state index contributed by atoms with van der Waals surface area (Å²) in [5, 5.41) is 9.40. The lowest BCUT2D eigenvalue weighted by Crippen LogP contribution is -2.38. The first-order valence-electron chi connectivity index (χ1n) is 9.27. The number of aliphatic imine (C=N–C) groups is 1. The van der Waals surface area contributed by atoms with E-state index in [4.69, 9.17) is 4.74 Å². The third kappa shape index (κ3) is 9.40. The van der Waals surface area contributed by atoms with Crippen LogP contribution in [0.5, 0.6) is 5.75 Å². The number of thioether (sulfide) groups is 1. The van der Waals surface area contributed by atoms with Crippen LogP contribution < -0.4 is 20.7 Å². The van der Waals surface area contributed by atoms with E-state index in [0.29, 0.717) is 18.0 Å². The number of methoxy groups -OCH3 is 1. The zero-order valence-electron chi connectivity index (χ0n) is 17.0. The zero-order chi connectivity index (χ0) is 20.2. The Labute approximate surface area is 194 Å². The van der Waals surface area contributed by atoms with E-state index in [1.807, 2.05) is 55.1 Å². The molecule has 0 saturated carbocycles. The Balaban J connectivity index is 0.00000420. The van der Waals surface area contributed by atoms with E-state index in [1.165, 1.54) is 11.8 Å². The van der Waals surface area contributed by atoms with Gasteiger partial charge in [0.2, 0.25) is 5.91 Å². The summed E-state index contributed by atoms with van der Waals surface area (Å²) in [7, 11) is 1.58. The molecule has 6 nitrogen and oxygen atoms in total. The molecule has 2 aromatic rings. The molecule has 0 atom stereocenters. The molecule has 1 amide bonds. The molecule has 0 aliphatic carbocycles. The van der Waals surface area contributed by atoms with Crippen molar-refractivity contribution in [2.75, 3.05) is 31.3 Å². The molecular weight excluding hydrogens is 499 g/mol. The van der Waals surface area contributed by atoms with Crippen molar-refractivity contribution in [3.8, 4) is 5.75 Å². The van der Waals surface area contributed by atoms with Crippen molar-refractivity contribution in [3.63, 3.8) is 0 Å². The lowest BCUT2D eigenvalue weighted by molar-refractivity contribution is -0.114. The number of nitrogens with zero attached hydrogens (tertiary/aromatic N) is 1. The van der Waals surface area contributed by atoms with Gasteiger partial charge in [-0.25, -0.2) is 4.99 Å². The van der Waals surface area contributed by atoms with Gasteiger partial charge in [0.25, 0.3) is 0 Å². The van der Waals surface area contributed by atoms with Gasteiger partial charge in [-0.05, 0) is 36.8 Å². The molecule has 0 aliphatic rings. The fourth-order valence-electron chi connectivity index (χ4n) is 2.51. The van der Waals surface area contributed by atoms with Crippen molar-refractivity contribution in [1.29, 1.82) is 0 Å². The highest BCUT2D eigenvalue weighted by atomic mass is 127. The molecular formula is C21H29IN4O2S. The molecule has 0 unspecified atom stereocenters. The highest BCUT2D eigenvalue weighted by molar-refractivity contribution is 14.0. The van der Waals surface area contributed by atoms with Crippen LogP contribution in [0, 0.1) is 0 Å². The number of nitrogens with one attached hydrogen (secondary N) is 3. The molecule has 158 valence electrons. The van der Waals surface area contributed by atoms with Gasteiger partial charge in [-0.15, -0.1) is 35.7 Å². The molecule has 0 aromatic heterocycles. The van der Waals surface area contributed by atoms with Crippen molar-refractivity contribution < 1.29 is 9.53 Å². The third-order valence-corrected chi connectivity index (χ3v) is 4.76. The fraction of sp³-hybridized carbons (Fsp3) is 0.333. The summed E-state index contributed by atoms with van der Waals surface area (Å²) in [5.41, 5.74) is 1.64. The summed E-state index contributed by atoms with van der Waals surface area (Å²) in [6, 6.07) is 16.0. The first-order valence-corrected chi connectivity index (χ1v) is 10.3. The number of anilines is 1. The van der Waals surface area contributed by atoms with E-state index in [1.54, 1.807) is 7.11 Å². The first-order chi connectivity index (χ1) is 13.6. The molecule has 2 aromatic carbocycles. The number of rotatable bonds is 9. The van der Waals surface area contributed by atoms with Gasteiger partial charge in [-0.1, -0.05) is 24.3 Å². The van der Waals surface area contributed by atoms with Crippen LogP contribution in [-0.4, -0.2) is 37.8 Å². The van der Waals surface area contributed by atoms with Gasteiger partial charge in [-0.3, -0.25) is 4.79 Å². The zero-order valence-corrected chi connectivity index (χ0v) is 20.2. The average molecular weight is 528 g/mol. The second kappa shape index (κ2) is 14.1. The van der Waals surface area contributed by atoms with Crippen LogP contribution in [0.1, 0.15) is 19.4 Å². The van der Waals surface area contributed by atoms with Gasteiger partial charge in [-0.2, -0.15) is 0 Å². The van der Waals surface area contributed by atoms with E-state index in [-0.39, 0.29) is 29.9 Å². The van der Waals surface area contributed by atoms with E-state index in [2.05, 4.69) is 33.1 Å². The van der Waals surface area contributed by atoms with Gasteiger partial charge in [0.1, 0.15) is 5.75 Å². The highest BCUT2D eigenvalue weighted by Gasteiger charge is 2.06.